The molecule has 30 heavy (non-hydrogen) atoms. The Morgan fingerprint density at radius 2 is 1.90 bits per heavy atom. The third-order valence-electron chi connectivity index (χ3n) is 5.30. The lowest BCUT2D eigenvalue weighted by Gasteiger charge is -2.31. The average Bonchev–Trinajstić information content (AvgIpc) is 3.20. The summed E-state index contributed by atoms with van der Waals surface area (Å²) in [4.78, 5) is 25.3. The molecule has 2 aromatic rings. The fraction of sp³-hybridized carbons (Fsp3) is 0.333. The Balaban J connectivity index is 1.70. The van der Waals surface area contributed by atoms with Crippen LogP contribution in [0, 0.1) is 10.1 Å². The zero-order chi connectivity index (χ0) is 21.7. The molecule has 1 fully saturated rings. The summed E-state index contributed by atoms with van der Waals surface area (Å²) in [6.07, 6.45) is 2.55. The van der Waals surface area contributed by atoms with E-state index in [1.165, 1.54) is 12.1 Å². The topological polar surface area (TPSA) is 96.7 Å². The van der Waals surface area contributed by atoms with Crippen LogP contribution in [0.25, 0.3) is 0 Å². The number of nitrogens with zero attached hydrogens (tertiary/aromatic N) is 2. The van der Waals surface area contributed by atoms with Gasteiger partial charge < -0.3 is 20.3 Å². The third kappa shape index (κ3) is 4.68. The van der Waals surface area contributed by atoms with Crippen LogP contribution < -0.4 is 15.4 Å². The molecule has 0 spiro atoms. The van der Waals surface area contributed by atoms with Gasteiger partial charge in [0.15, 0.2) is 5.11 Å². The number of rotatable bonds is 6. The second-order valence-corrected chi connectivity index (χ2v) is 7.50. The van der Waals surface area contributed by atoms with Crippen molar-refractivity contribution in [1.29, 1.82) is 0 Å². The van der Waals surface area contributed by atoms with Crippen LogP contribution in [0.5, 0.6) is 5.75 Å². The van der Waals surface area contributed by atoms with Crippen molar-refractivity contribution in [3.05, 3.63) is 64.2 Å². The summed E-state index contributed by atoms with van der Waals surface area (Å²) in [6, 6.07) is 13.3. The van der Waals surface area contributed by atoms with E-state index in [4.69, 9.17) is 17.0 Å². The van der Waals surface area contributed by atoms with Crippen LogP contribution in [-0.4, -0.2) is 47.1 Å². The number of nitro groups is 1. The molecule has 0 saturated heterocycles. The van der Waals surface area contributed by atoms with Crippen LogP contribution >= 0.6 is 12.2 Å². The Kier molecular flexibility index (Phi) is 6.83. The van der Waals surface area contributed by atoms with Crippen molar-refractivity contribution in [3.8, 4) is 5.75 Å². The molecule has 2 unspecified atom stereocenters. The van der Waals surface area contributed by atoms with Crippen LogP contribution in [0.4, 0.5) is 11.4 Å². The molecule has 2 N–H and O–H groups in total. The van der Waals surface area contributed by atoms with Crippen LogP contribution in [-0.2, 0) is 0 Å². The molecule has 0 bridgehead atoms. The zero-order valence-corrected chi connectivity index (χ0v) is 17.6. The first kappa shape index (κ1) is 21.5. The number of carbonyl (C=O) groups excluding carboxylic acids is 1. The minimum absolute atomic E-state index is 0.0589. The van der Waals surface area contributed by atoms with Crippen molar-refractivity contribution in [2.24, 2.45) is 0 Å². The molecule has 2 aromatic carbocycles. The maximum absolute atomic E-state index is 13.0. The van der Waals surface area contributed by atoms with E-state index < -0.39 is 4.92 Å². The maximum atomic E-state index is 13.0. The third-order valence-corrected chi connectivity index (χ3v) is 5.52. The Morgan fingerprint density at radius 1 is 1.20 bits per heavy atom. The molecular weight excluding hydrogens is 404 g/mol. The molecule has 1 amide bonds. The van der Waals surface area contributed by atoms with Gasteiger partial charge in [-0.1, -0.05) is 24.3 Å². The number of hydrogen-bond donors (Lipinski definition) is 2. The van der Waals surface area contributed by atoms with Gasteiger partial charge in [-0.05, 0) is 49.7 Å². The van der Waals surface area contributed by atoms with Gasteiger partial charge in [0.25, 0.3) is 11.6 Å². The summed E-state index contributed by atoms with van der Waals surface area (Å²) in [5, 5.41) is 18.2. The van der Waals surface area contributed by atoms with Crippen molar-refractivity contribution in [2.75, 3.05) is 19.5 Å². The molecule has 1 aliphatic carbocycles. The van der Waals surface area contributed by atoms with E-state index in [9.17, 15) is 14.9 Å². The van der Waals surface area contributed by atoms with Gasteiger partial charge in [-0.2, -0.15) is 0 Å². The molecular formula is C21H24N4O4S. The fourth-order valence-electron chi connectivity index (χ4n) is 3.80. The highest BCUT2D eigenvalue weighted by Crippen LogP contribution is 2.28. The van der Waals surface area contributed by atoms with Crippen molar-refractivity contribution in [2.45, 2.75) is 31.3 Å². The number of amides is 1. The average molecular weight is 429 g/mol. The number of nitro benzene ring substituents is 1. The lowest BCUT2D eigenvalue weighted by molar-refractivity contribution is -0.385. The molecule has 2 atom stereocenters. The van der Waals surface area contributed by atoms with E-state index in [-0.39, 0.29) is 29.2 Å². The van der Waals surface area contributed by atoms with Gasteiger partial charge in [0.2, 0.25) is 0 Å². The molecule has 0 radical (unpaired) electrons. The van der Waals surface area contributed by atoms with Gasteiger partial charge in [-0.15, -0.1) is 0 Å². The van der Waals surface area contributed by atoms with E-state index in [1.807, 2.05) is 24.3 Å². The van der Waals surface area contributed by atoms with E-state index in [2.05, 4.69) is 10.6 Å². The van der Waals surface area contributed by atoms with Crippen LogP contribution in [0.15, 0.2) is 48.5 Å². The van der Waals surface area contributed by atoms with Crippen molar-refractivity contribution < 1.29 is 14.5 Å². The summed E-state index contributed by atoms with van der Waals surface area (Å²) in [7, 11) is 3.27. The van der Waals surface area contributed by atoms with Gasteiger partial charge in [0.1, 0.15) is 11.3 Å². The lowest BCUT2D eigenvalue weighted by atomic mass is 10.1. The van der Waals surface area contributed by atoms with Gasteiger partial charge in [0.05, 0.1) is 23.8 Å². The van der Waals surface area contributed by atoms with Crippen molar-refractivity contribution in [1.82, 2.24) is 10.2 Å². The summed E-state index contributed by atoms with van der Waals surface area (Å²) >= 11 is 5.46. The number of likely N-dealkylation sites (N-methyl/N-ethyl adjacent to an activating group) is 1. The van der Waals surface area contributed by atoms with E-state index >= 15 is 0 Å². The lowest BCUT2D eigenvalue weighted by Crippen LogP contribution is -2.50. The molecule has 1 aliphatic rings. The molecule has 9 heteroatoms. The minimum Gasteiger partial charge on any atom is -0.495 e. The number of benzene rings is 2. The monoisotopic (exact) mass is 428 g/mol. The highest BCUT2D eigenvalue weighted by molar-refractivity contribution is 7.80. The predicted molar refractivity (Wildman–Crippen MR) is 119 cm³/mol. The van der Waals surface area contributed by atoms with Gasteiger partial charge in [-0.25, -0.2) is 0 Å². The fourth-order valence-corrected chi connectivity index (χ4v) is 4.06. The molecule has 8 nitrogen and oxygen atoms in total. The molecule has 0 aliphatic heterocycles. The first-order chi connectivity index (χ1) is 14.4. The second kappa shape index (κ2) is 9.53. The summed E-state index contributed by atoms with van der Waals surface area (Å²) in [5.74, 6) is 0.304. The van der Waals surface area contributed by atoms with Gasteiger partial charge in [-0.3, -0.25) is 14.9 Å². The number of carbonyl (C=O) groups is 1. The summed E-state index contributed by atoms with van der Waals surface area (Å²) in [5.41, 5.74) is 0.645. The van der Waals surface area contributed by atoms with Crippen LogP contribution in [0.1, 0.15) is 29.6 Å². The number of ether oxygens (including phenoxy) is 1. The van der Waals surface area contributed by atoms with Crippen LogP contribution in [0.2, 0.25) is 0 Å². The number of para-hydroxylation sites is 3. The van der Waals surface area contributed by atoms with Gasteiger partial charge >= 0.3 is 0 Å². The highest BCUT2D eigenvalue weighted by atomic mass is 32.1. The first-order valence-electron chi connectivity index (χ1n) is 9.63. The van der Waals surface area contributed by atoms with Crippen molar-refractivity contribution >= 4 is 34.6 Å². The number of anilines is 1. The summed E-state index contributed by atoms with van der Waals surface area (Å²) in [6.45, 7) is 0. The van der Waals surface area contributed by atoms with Crippen molar-refractivity contribution in [3.63, 3.8) is 0 Å². The molecule has 3 rings (SSSR count). The smallest absolute Gasteiger partial charge is 0.282 e. The highest BCUT2D eigenvalue weighted by Gasteiger charge is 2.35. The number of hydrogen-bond acceptors (Lipinski definition) is 5. The quantitative estimate of drug-likeness (QED) is 0.412. The minimum atomic E-state index is -0.530. The molecule has 0 heterocycles. The Morgan fingerprint density at radius 3 is 2.63 bits per heavy atom. The largest absolute Gasteiger partial charge is 0.495 e. The molecule has 158 valence electrons. The SMILES string of the molecule is COc1ccccc1NC(=S)NC1CCCC1N(C)C(=O)c1ccccc1[N+](=O)[O-]. The van der Waals surface area contributed by atoms with Gasteiger partial charge in [0, 0.05) is 19.2 Å². The number of thiocarbonyl (C=S) groups is 1. The second-order valence-electron chi connectivity index (χ2n) is 7.09. The molecule has 0 aromatic heterocycles. The Hall–Kier alpha value is -3.20. The number of methoxy groups -OCH3 is 1. The van der Waals surface area contributed by atoms with E-state index in [0.717, 1.165) is 24.9 Å². The Labute approximate surface area is 180 Å². The molecule has 1 saturated carbocycles. The Bertz CT molecular complexity index is 952. The first-order valence-corrected chi connectivity index (χ1v) is 10.0. The van der Waals surface area contributed by atoms with Crippen LogP contribution in [0.3, 0.4) is 0 Å². The predicted octanol–water partition coefficient (Wildman–Crippen LogP) is 3.58. The maximum Gasteiger partial charge on any atom is 0.282 e. The standard InChI is InChI=1S/C21H24N4O4S/c1-24(20(26)14-8-3-5-11-17(14)25(27)28)18-12-7-10-15(18)22-21(30)23-16-9-4-6-13-19(16)29-2/h3-6,8-9,11,13,15,18H,7,10,12H2,1-2H3,(H2,22,23,30). The van der Waals surface area contributed by atoms with E-state index in [1.54, 1.807) is 31.2 Å². The normalized spacial score (nSPS) is 17.8. The number of nitrogens with one attached hydrogen (secondary N) is 2. The van der Waals surface area contributed by atoms with E-state index in [0.29, 0.717) is 10.9 Å². The summed E-state index contributed by atoms with van der Waals surface area (Å²) < 4.78 is 5.33. The zero-order valence-electron chi connectivity index (χ0n) is 16.8.